The monoisotopic (exact) mass is 305 g/mol. The van der Waals surface area contributed by atoms with Gasteiger partial charge < -0.3 is 14.5 Å². The topological polar surface area (TPSA) is 60.2 Å². The van der Waals surface area contributed by atoms with Crippen molar-refractivity contribution in [2.24, 2.45) is 0 Å². The first kappa shape index (κ1) is 13.7. The summed E-state index contributed by atoms with van der Waals surface area (Å²) in [5.41, 5.74) is 2.75. The summed E-state index contributed by atoms with van der Waals surface area (Å²) in [6.07, 6.45) is 5.72. The lowest BCUT2D eigenvalue weighted by molar-refractivity contribution is 0.132. The number of hydrogen-bond acceptors (Lipinski definition) is 5. The summed E-state index contributed by atoms with van der Waals surface area (Å²) in [7, 11) is 0. The maximum Gasteiger partial charge on any atom is 0.227 e. The van der Waals surface area contributed by atoms with Crippen LogP contribution in [0.15, 0.2) is 59.2 Å². The van der Waals surface area contributed by atoms with Gasteiger partial charge in [0, 0.05) is 11.9 Å². The number of fused-ring (bicyclic) bond motifs is 7. The molecule has 5 heteroatoms. The van der Waals surface area contributed by atoms with Crippen LogP contribution in [0, 0.1) is 0 Å². The van der Waals surface area contributed by atoms with Crippen molar-refractivity contribution in [1.29, 1.82) is 0 Å². The summed E-state index contributed by atoms with van der Waals surface area (Å²) in [5, 5.41) is 3.22. The van der Waals surface area contributed by atoms with Gasteiger partial charge in [-0.15, -0.1) is 0 Å². The van der Waals surface area contributed by atoms with E-state index in [1.165, 1.54) is 0 Å². The summed E-state index contributed by atoms with van der Waals surface area (Å²) in [5.74, 6) is 2.01. The number of nitrogens with one attached hydrogen (secondary N) is 1. The molecule has 0 amide bonds. The number of hydrogen-bond donors (Lipinski definition) is 1. The zero-order valence-electron chi connectivity index (χ0n) is 12.4. The van der Waals surface area contributed by atoms with Crippen LogP contribution in [0.25, 0.3) is 17.5 Å². The molecule has 3 aromatic rings. The molecule has 0 radical (unpaired) electrons. The minimum atomic E-state index is 0.431. The number of benzene rings is 1. The van der Waals surface area contributed by atoms with E-state index >= 15 is 0 Å². The highest BCUT2D eigenvalue weighted by Gasteiger charge is 2.08. The van der Waals surface area contributed by atoms with Gasteiger partial charge in [-0.05, 0) is 35.9 Å². The number of ether oxygens (including phenoxy) is 1. The molecule has 1 aliphatic rings. The Bertz CT molecular complexity index is 855. The summed E-state index contributed by atoms with van der Waals surface area (Å²) in [4.78, 5) is 8.78. The highest BCUT2D eigenvalue weighted by atomic mass is 16.5. The van der Waals surface area contributed by atoms with Gasteiger partial charge in [-0.1, -0.05) is 24.3 Å². The van der Waals surface area contributed by atoms with E-state index in [4.69, 9.17) is 9.15 Å². The lowest BCUT2D eigenvalue weighted by Gasteiger charge is -2.06. The molecule has 0 fully saturated rings. The minimum Gasteiger partial charge on any atom is -0.457 e. The maximum atomic E-state index is 5.78. The third-order valence-corrected chi connectivity index (χ3v) is 3.48. The fraction of sp³-hybridized carbons (Fsp3) is 0.111. The highest BCUT2D eigenvalue weighted by Crippen LogP contribution is 2.23. The van der Waals surface area contributed by atoms with E-state index in [2.05, 4.69) is 15.3 Å². The van der Waals surface area contributed by atoms with Gasteiger partial charge >= 0.3 is 0 Å². The van der Waals surface area contributed by atoms with Gasteiger partial charge in [-0.3, -0.25) is 0 Å². The molecule has 1 aromatic carbocycles. The average molecular weight is 305 g/mol. The van der Waals surface area contributed by atoms with E-state index in [1.807, 2.05) is 54.6 Å². The van der Waals surface area contributed by atoms with Crippen LogP contribution in [0.2, 0.25) is 0 Å². The van der Waals surface area contributed by atoms with Crippen molar-refractivity contribution in [3.8, 4) is 11.5 Å². The predicted molar refractivity (Wildman–Crippen MR) is 88.1 cm³/mol. The number of rotatable bonds is 0. The minimum absolute atomic E-state index is 0.431. The maximum absolute atomic E-state index is 5.78. The molecule has 0 unspecified atom stereocenters. The Labute approximate surface area is 133 Å². The molecule has 1 aliphatic heterocycles. The lowest BCUT2D eigenvalue weighted by atomic mass is 10.2. The van der Waals surface area contributed by atoms with Crippen LogP contribution in [-0.2, 0) is 11.3 Å². The Kier molecular flexibility index (Phi) is 3.62. The Morgan fingerprint density at radius 2 is 2.09 bits per heavy atom. The first-order chi connectivity index (χ1) is 11.4. The smallest absolute Gasteiger partial charge is 0.227 e. The quantitative estimate of drug-likeness (QED) is 0.679. The Balaban J connectivity index is 1.75. The Morgan fingerprint density at radius 3 is 3.09 bits per heavy atom. The molecule has 0 spiro atoms. The summed E-state index contributed by atoms with van der Waals surface area (Å²) in [6, 6.07) is 13.7. The molecule has 0 atom stereocenters. The second-order valence-corrected chi connectivity index (χ2v) is 5.20. The Morgan fingerprint density at radius 1 is 1.09 bits per heavy atom. The fourth-order valence-corrected chi connectivity index (χ4v) is 2.41. The van der Waals surface area contributed by atoms with E-state index in [-0.39, 0.29) is 0 Å². The van der Waals surface area contributed by atoms with E-state index in [9.17, 15) is 0 Å². The van der Waals surface area contributed by atoms with E-state index in [1.54, 1.807) is 6.20 Å². The molecule has 4 rings (SSSR count). The third kappa shape index (κ3) is 3.14. The van der Waals surface area contributed by atoms with Gasteiger partial charge in [0.15, 0.2) is 5.76 Å². The van der Waals surface area contributed by atoms with Crippen LogP contribution in [-0.4, -0.2) is 16.6 Å². The van der Waals surface area contributed by atoms with Crippen molar-refractivity contribution in [2.45, 2.75) is 6.61 Å². The van der Waals surface area contributed by atoms with Crippen molar-refractivity contribution in [3.05, 3.63) is 66.1 Å². The van der Waals surface area contributed by atoms with E-state index in [0.29, 0.717) is 24.9 Å². The van der Waals surface area contributed by atoms with Crippen molar-refractivity contribution in [3.63, 3.8) is 0 Å². The third-order valence-electron chi connectivity index (χ3n) is 3.48. The number of anilines is 2. The van der Waals surface area contributed by atoms with Crippen molar-refractivity contribution in [1.82, 2.24) is 9.97 Å². The van der Waals surface area contributed by atoms with Crippen molar-refractivity contribution < 1.29 is 9.15 Å². The fourth-order valence-electron chi connectivity index (χ4n) is 2.41. The van der Waals surface area contributed by atoms with Crippen LogP contribution >= 0.6 is 0 Å². The normalized spacial score (nSPS) is 13.7. The van der Waals surface area contributed by atoms with Crippen molar-refractivity contribution >= 4 is 17.7 Å². The van der Waals surface area contributed by atoms with E-state index in [0.717, 1.165) is 22.7 Å². The summed E-state index contributed by atoms with van der Waals surface area (Å²) in [6.45, 7) is 0.960. The molecule has 2 aromatic heterocycles. The van der Waals surface area contributed by atoms with Gasteiger partial charge in [0.1, 0.15) is 18.1 Å². The molecule has 0 saturated heterocycles. The number of furan rings is 1. The second kappa shape index (κ2) is 6.06. The molecular weight excluding hydrogens is 290 g/mol. The largest absolute Gasteiger partial charge is 0.457 e. The summed E-state index contributed by atoms with van der Waals surface area (Å²) >= 11 is 0. The molecule has 6 bridgehead atoms. The first-order valence-corrected chi connectivity index (χ1v) is 7.40. The zero-order chi connectivity index (χ0) is 15.5. The van der Waals surface area contributed by atoms with Crippen molar-refractivity contribution in [2.75, 3.05) is 11.9 Å². The molecular formula is C18H15N3O2. The van der Waals surface area contributed by atoms with Crippen LogP contribution < -0.4 is 5.32 Å². The summed E-state index contributed by atoms with van der Waals surface area (Å²) < 4.78 is 11.4. The zero-order valence-corrected chi connectivity index (χ0v) is 12.4. The van der Waals surface area contributed by atoms with Crippen LogP contribution in [0.1, 0.15) is 11.3 Å². The average Bonchev–Trinajstić information content (AvgIpc) is 3.03. The molecule has 114 valence electrons. The molecule has 23 heavy (non-hydrogen) atoms. The first-order valence-electron chi connectivity index (χ1n) is 7.40. The van der Waals surface area contributed by atoms with Crippen LogP contribution in [0.4, 0.5) is 11.6 Å². The number of aromatic nitrogens is 2. The second-order valence-electron chi connectivity index (χ2n) is 5.20. The predicted octanol–water partition coefficient (Wildman–Crippen LogP) is 4.02. The Hall–Kier alpha value is -2.92. The molecule has 0 saturated carbocycles. The molecule has 3 heterocycles. The molecule has 5 nitrogen and oxygen atoms in total. The number of nitrogens with zero attached hydrogens (tertiary/aromatic N) is 2. The van der Waals surface area contributed by atoms with Gasteiger partial charge in [-0.2, -0.15) is 0 Å². The lowest BCUT2D eigenvalue weighted by Crippen LogP contribution is -1.97. The van der Waals surface area contributed by atoms with Gasteiger partial charge in [0.05, 0.1) is 6.61 Å². The standard InChI is InChI=1S/C18H15N3O2/c1-3-13-4-2-10-22-12-15-6-7-17(23-15)16-8-9-19-18(21-16)20-14(5-1)11-13/h1-9,11H,10,12H2,(H,19,20,21). The molecule has 1 N–H and O–H groups in total. The highest BCUT2D eigenvalue weighted by molar-refractivity contribution is 5.62. The molecule has 0 aliphatic carbocycles. The van der Waals surface area contributed by atoms with Crippen LogP contribution in [0.5, 0.6) is 0 Å². The van der Waals surface area contributed by atoms with Gasteiger partial charge in [-0.25, -0.2) is 9.97 Å². The SMILES string of the molecule is C1=Cc2cccc(c2)Nc2nccc(n2)-c2ccc(o2)COC1. The van der Waals surface area contributed by atoms with Gasteiger partial charge in [0.2, 0.25) is 5.95 Å². The van der Waals surface area contributed by atoms with E-state index < -0.39 is 0 Å². The van der Waals surface area contributed by atoms with Crippen LogP contribution in [0.3, 0.4) is 0 Å². The van der Waals surface area contributed by atoms with Gasteiger partial charge in [0.25, 0.3) is 0 Å².